The largest absolute Gasteiger partial charge is 0.333 e. The van der Waals surface area contributed by atoms with E-state index in [9.17, 15) is 10.1 Å². The second-order valence-corrected chi connectivity index (χ2v) is 4.84. The molecule has 16 heavy (non-hydrogen) atoms. The molecule has 2 heterocycles. The summed E-state index contributed by atoms with van der Waals surface area (Å²) in [5.41, 5.74) is -0.0424. The summed E-state index contributed by atoms with van der Waals surface area (Å²) in [6.07, 6.45) is 1.21. The molecule has 0 fully saturated rings. The van der Waals surface area contributed by atoms with E-state index in [-0.39, 0.29) is 16.5 Å². The summed E-state index contributed by atoms with van der Waals surface area (Å²) in [6, 6.07) is 1.79. The maximum Gasteiger partial charge on any atom is 0.333 e. The Morgan fingerprint density at radius 3 is 2.81 bits per heavy atom. The molecule has 2 aromatic heterocycles. The number of hydrogen-bond donors (Lipinski definition) is 0. The molecule has 0 aromatic carbocycles. The minimum atomic E-state index is -0.580. The van der Waals surface area contributed by atoms with Crippen molar-refractivity contribution in [1.29, 1.82) is 0 Å². The van der Waals surface area contributed by atoms with E-state index in [1.54, 1.807) is 11.4 Å². The molecule has 0 radical (unpaired) electrons. The van der Waals surface area contributed by atoms with Crippen molar-refractivity contribution in [2.75, 3.05) is 0 Å². The third kappa shape index (κ3) is 1.93. The highest BCUT2D eigenvalue weighted by atomic mass is 79.9. The van der Waals surface area contributed by atoms with Gasteiger partial charge in [0, 0.05) is 4.47 Å². The summed E-state index contributed by atoms with van der Waals surface area (Å²) < 4.78 is 0.746. The van der Waals surface area contributed by atoms with Crippen LogP contribution >= 0.6 is 38.9 Å². The highest BCUT2D eigenvalue weighted by molar-refractivity contribution is 9.10. The van der Waals surface area contributed by atoms with Crippen molar-refractivity contribution >= 4 is 44.6 Å². The van der Waals surface area contributed by atoms with Crippen LogP contribution in [0.15, 0.2) is 22.2 Å². The Bertz CT molecular complexity index is 560. The summed E-state index contributed by atoms with van der Waals surface area (Å²) in [5.74, 6) is 0. The summed E-state index contributed by atoms with van der Waals surface area (Å²) in [5, 5.41) is 12.5. The van der Waals surface area contributed by atoms with Gasteiger partial charge in [0.15, 0.2) is 5.69 Å². The van der Waals surface area contributed by atoms with Gasteiger partial charge < -0.3 is 0 Å². The van der Waals surface area contributed by atoms with Crippen molar-refractivity contribution in [3.05, 3.63) is 37.5 Å². The zero-order chi connectivity index (χ0) is 11.7. The van der Waals surface area contributed by atoms with E-state index in [1.807, 2.05) is 0 Å². The minimum Gasteiger partial charge on any atom is -0.258 e. The SMILES string of the molecule is O=[N+]([O-])c1c(Cl)ncnc1-c1sccc1Br. The van der Waals surface area contributed by atoms with Gasteiger partial charge in [-0.05, 0) is 27.4 Å². The number of thiophene rings is 1. The molecule has 5 nitrogen and oxygen atoms in total. The maximum absolute atomic E-state index is 10.9. The first-order chi connectivity index (χ1) is 7.61. The van der Waals surface area contributed by atoms with Crippen LogP contribution in [-0.2, 0) is 0 Å². The summed E-state index contributed by atoms with van der Waals surface area (Å²) >= 11 is 10.3. The zero-order valence-electron chi connectivity index (χ0n) is 7.55. The first kappa shape index (κ1) is 11.4. The lowest BCUT2D eigenvalue weighted by Gasteiger charge is -2.00. The molecule has 82 valence electrons. The molecule has 0 unspecified atom stereocenters. The molecule has 0 atom stereocenters. The third-order valence-corrected chi connectivity index (χ3v) is 3.91. The van der Waals surface area contributed by atoms with Crippen LogP contribution in [0.1, 0.15) is 0 Å². The van der Waals surface area contributed by atoms with Crippen molar-refractivity contribution in [2.24, 2.45) is 0 Å². The summed E-state index contributed by atoms with van der Waals surface area (Å²) in [6.45, 7) is 0. The molecule has 8 heteroatoms. The lowest BCUT2D eigenvalue weighted by molar-refractivity contribution is -0.384. The Morgan fingerprint density at radius 1 is 1.50 bits per heavy atom. The van der Waals surface area contributed by atoms with Gasteiger partial charge >= 0.3 is 5.69 Å². The van der Waals surface area contributed by atoms with Crippen molar-refractivity contribution < 1.29 is 4.92 Å². The number of nitrogens with zero attached hydrogens (tertiary/aromatic N) is 3. The van der Waals surface area contributed by atoms with Gasteiger partial charge in [-0.3, -0.25) is 10.1 Å². The molecule has 2 aromatic rings. The Kier molecular flexibility index (Phi) is 3.17. The van der Waals surface area contributed by atoms with Crippen LogP contribution < -0.4 is 0 Å². The van der Waals surface area contributed by atoms with Gasteiger partial charge in [-0.15, -0.1) is 11.3 Å². The highest BCUT2D eigenvalue weighted by Gasteiger charge is 2.24. The Hall–Kier alpha value is -1.05. The van der Waals surface area contributed by atoms with Crippen LogP contribution in [0.3, 0.4) is 0 Å². The molecule has 0 N–H and O–H groups in total. The predicted molar refractivity (Wildman–Crippen MR) is 64.7 cm³/mol. The van der Waals surface area contributed by atoms with E-state index in [0.717, 1.165) is 4.47 Å². The van der Waals surface area contributed by atoms with E-state index in [0.29, 0.717) is 4.88 Å². The van der Waals surface area contributed by atoms with Gasteiger partial charge in [0.1, 0.15) is 6.33 Å². The van der Waals surface area contributed by atoms with E-state index in [2.05, 4.69) is 25.9 Å². The topological polar surface area (TPSA) is 68.9 Å². The van der Waals surface area contributed by atoms with Gasteiger partial charge in [-0.1, -0.05) is 11.6 Å². The van der Waals surface area contributed by atoms with Crippen LogP contribution in [0.25, 0.3) is 10.6 Å². The second-order valence-electron chi connectivity index (χ2n) is 2.72. The lowest BCUT2D eigenvalue weighted by atomic mass is 10.3. The van der Waals surface area contributed by atoms with Crippen LogP contribution in [-0.4, -0.2) is 14.9 Å². The van der Waals surface area contributed by atoms with Gasteiger partial charge in [-0.2, -0.15) is 0 Å². The minimum absolute atomic E-state index is 0.157. The average Bonchev–Trinajstić information content (AvgIpc) is 2.63. The van der Waals surface area contributed by atoms with E-state index >= 15 is 0 Å². The van der Waals surface area contributed by atoms with Crippen LogP contribution in [0.2, 0.25) is 5.15 Å². The average molecular weight is 321 g/mol. The number of halogens is 2. The van der Waals surface area contributed by atoms with Gasteiger partial charge in [0.05, 0.1) is 9.80 Å². The van der Waals surface area contributed by atoms with Gasteiger partial charge in [-0.25, -0.2) is 9.97 Å². The van der Waals surface area contributed by atoms with E-state index in [4.69, 9.17) is 11.6 Å². The standard InChI is InChI=1S/C8H3BrClN3O2S/c9-4-1-2-16-7(4)5-6(13(14)15)8(10)12-3-11-5/h1-3H. The molecule has 0 amide bonds. The number of rotatable bonds is 2. The van der Waals surface area contributed by atoms with Gasteiger partial charge in [0.2, 0.25) is 5.15 Å². The van der Waals surface area contributed by atoms with E-state index in [1.165, 1.54) is 17.7 Å². The normalized spacial score (nSPS) is 10.4. The summed E-state index contributed by atoms with van der Waals surface area (Å²) in [4.78, 5) is 18.5. The van der Waals surface area contributed by atoms with Crippen molar-refractivity contribution in [2.45, 2.75) is 0 Å². The van der Waals surface area contributed by atoms with Crippen LogP contribution in [0.4, 0.5) is 5.69 Å². The molecular weight excluding hydrogens is 318 g/mol. The third-order valence-electron chi connectivity index (χ3n) is 1.79. The molecule has 0 saturated heterocycles. The van der Waals surface area contributed by atoms with Gasteiger partial charge in [0.25, 0.3) is 0 Å². The molecule has 0 saturated carbocycles. The van der Waals surface area contributed by atoms with E-state index < -0.39 is 4.92 Å². The maximum atomic E-state index is 10.9. The van der Waals surface area contributed by atoms with Crippen molar-refractivity contribution in [1.82, 2.24) is 9.97 Å². The Labute approximate surface area is 107 Å². The summed E-state index contributed by atoms with van der Waals surface area (Å²) in [7, 11) is 0. The molecule has 0 aliphatic heterocycles. The quantitative estimate of drug-likeness (QED) is 0.482. The fourth-order valence-electron chi connectivity index (χ4n) is 1.15. The van der Waals surface area contributed by atoms with Crippen molar-refractivity contribution in [3.63, 3.8) is 0 Å². The molecule has 0 spiro atoms. The van der Waals surface area contributed by atoms with Crippen LogP contribution in [0, 0.1) is 10.1 Å². The Balaban J connectivity index is 2.70. The van der Waals surface area contributed by atoms with Crippen LogP contribution in [0.5, 0.6) is 0 Å². The number of aromatic nitrogens is 2. The zero-order valence-corrected chi connectivity index (χ0v) is 10.7. The monoisotopic (exact) mass is 319 g/mol. The molecule has 0 aliphatic rings. The fraction of sp³-hybridized carbons (Fsp3) is 0. The molecule has 0 aliphatic carbocycles. The Morgan fingerprint density at radius 2 is 2.25 bits per heavy atom. The molecule has 0 bridgehead atoms. The number of hydrogen-bond acceptors (Lipinski definition) is 5. The van der Waals surface area contributed by atoms with Crippen molar-refractivity contribution in [3.8, 4) is 10.6 Å². The molecular formula is C8H3BrClN3O2S. The smallest absolute Gasteiger partial charge is 0.258 e. The fourth-order valence-corrected chi connectivity index (χ4v) is 2.91. The first-order valence-electron chi connectivity index (χ1n) is 3.99. The second kappa shape index (κ2) is 4.44. The highest BCUT2D eigenvalue weighted by Crippen LogP contribution is 2.39. The predicted octanol–water partition coefficient (Wildman–Crippen LogP) is 3.53. The lowest BCUT2D eigenvalue weighted by Crippen LogP contribution is -1.96. The first-order valence-corrected chi connectivity index (χ1v) is 6.04. The number of nitro groups is 1. The molecule has 2 rings (SSSR count).